The lowest BCUT2D eigenvalue weighted by atomic mass is 9.93. The van der Waals surface area contributed by atoms with Gasteiger partial charge in [0, 0.05) is 48.4 Å². The van der Waals surface area contributed by atoms with Crippen LogP contribution in [-0.4, -0.2) is 46.3 Å². The van der Waals surface area contributed by atoms with Crippen molar-refractivity contribution in [3.63, 3.8) is 0 Å². The largest absolute Gasteiger partial charge is 0.351 e. The molecule has 1 saturated heterocycles. The van der Waals surface area contributed by atoms with E-state index >= 15 is 0 Å². The van der Waals surface area contributed by atoms with E-state index in [1.807, 2.05) is 36.1 Å². The number of likely N-dealkylation sites (tertiary alicyclic amines) is 1. The Hall–Kier alpha value is -4.26. The van der Waals surface area contributed by atoms with Crippen molar-refractivity contribution in [2.24, 2.45) is 5.92 Å². The van der Waals surface area contributed by atoms with Gasteiger partial charge in [-0.15, -0.1) is 0 Å². The summed E-state index contributed by atoms with van der Waals surface area (Å²) in [5.74, 6) is 0.447. The summed E-state index contributed by atoms with van der Waals surface area (Å²) in [5.41, 5.74) is 7.49. The fourth-order valence-electron chi connectivity index (χ4n) is 5.64. The first-order valence-electron chi connectivity index (χ1n) is 14.0. The second-order valence-corrected chi connectivity index (χ2v) is 11.0. The molecule has 1 aliphatic rings. The van der Waals surface area contributed by atoms with Crippen molar-refractivity contribution >= 4 is 22.7 Å². The molecule has 40 heavy (non-hydrogen) atoms. The number of carbonyl (C=O) groups excluding carboxylic acids is 2. The maximum absolute atomic E-state index is 13.0. The number of hydrogen-bond acceptors (Lipinski definition) is 4. The zero-order chi connectivity index (χ0) is 28.2. The van der Waals surface area contributed by atoms with Crippen molar-refractivity contribution in [2.75, 3.05) is 19.6 Å². The number of aromatic nitrogens is 2. The van der Waals surface area contributed by atoms with Crippen LogP contribution in [0.5, 0.6) is 0 Å². The number of benzene rings is 2. The van der Waals surface area contributed by atoms with Crippen LogP contribution in [0.25, 0.3) is 22.0 Å². The summed E-state index contributed by atoms with van der Waals surface area (Å²) in [7, 11) is 0. The quantitative estimate of drug-likeness (QED) is 0.343. The molecule has 2 N–H and O–H groups in total. The predicted octanol–water partition coefficient (Wildman–Crippen LogP) is 5.12. The number of aryl methyl sites for hydroxylation is 3. The van der Waals surface area contributed by atoms with Gasteiger partial charge in [-0.3, -0.25) is 19.4 Å². The lowest BCUT2D eigenvalue weighted by Crippen LogP contribution is -2.40. The molecule has 0 saturated carbocycles. The van der Waals surface area contributed by atoms with Crippen LogP contribution in [0.3, 0.4) is 0 Å². The summed E-state index contributed by atoms with van der Waals surface area (Å²) in [5, 5.41) is 3.98. The van der Waals surface area contributed by atoms with E-state index in [-0.39, 0.29) is 17.4 Å². The van der Waals surface area contributed by atoms with Gasteiger partial charge in [0.15, 0.2) is 0 Å². The number of pyridine rings is 2. The molecule has 2 amide bonds. The molecule has 206 valence electrons. The van der Waals surface area contributed by atoms with Crippen molar-refractivity contribution in [3.05, 3.63) is 99.1 Å². The standard InChI is InChI=1S/C33H36N4O3/c1-21-4-7-27(22(2)16-21)26-6-9-30(35-20-26)33(40)34-13-10-24-11-14-37(15-12-24)32(39)19-25-5-8-29-28(18-25)23(3)17-31(38)36-29/h4-9,16-18,20,24H,10-15,19H2,1-3H3,(H,34,40)(H,36,38). The minimum absolute atomic E-state index is 0.115. The van der Waals surface area contributed by atoms with E-state index in [4.69, 9.17) is 0 Å². The molecule has 0 atom stereocenters. The minimum Gasteiger partial charge on any atom is -0.351 e. The topological polar surface area (TPSA) is 95.2 Å². The zero-order valence-corrected chi connectivity index (χ0v) is 23.4. The Morgan fingerprint density at radius 2 is 1.77 bits per heavy atom. The van der Waals surface area contributed by atoms with Crippen molar-refractivity contribution in [3.8, 4) is 11.1 Å². The normalized spacial score (nSPS) is 13.9. The molecule has 4 aromatic rings. The molecule has 0 unspecified atom stereocenters. The Morgan fingerprint density at radius 3 is 2.50 bits per heavy atom. The van der Waals surface area contributed by atoms with Crippen LogP contribution >= 0.6 is 0 Å². The Bertz CT molecular complexity index is 1600. The molecule has 5 rings (SSSR count). The number of rotatable bonds is 7. The van der Waals surface area contributed by atoms with Gasteiger partial charge in [0.05, 0.1) is 6.42 Å². The summed E-state index contributed by atoms with van der Waals surface area (Å²) in [6, 6.07) is 17.4. The molecule has 0 radical (unpaired) electrons. The lowest BCUT2D eigenvalue weighted by Gasteiger charge is -2.32. The van der Waals surface area contributed by atoms with Gasteiger partial charge in [-0.1, -0.05) is 35.9 Å². The highest BCUT2D eigenvalue weighted by atomic mass is 16.2. The van der Waals surface area contributed by atoms with Crippen LogP contribution in [-0.2, 0) is 11.2 Å². The van der Waals surface area contributed by atoms with E-state index in [9.17, 15) is 14.4 Å². The average Bonchev–Trinajstić information content (AvgIpc) is 2.94. The number of carbonyl (C=O) groups is 2. The summed E-state index contributed by atoms with van der Waals surface area (Å²) in [6.07, 6.45) is 4.87. The number of hydrogen-bond donors (Lipinski definition) is 2. The van der Waals surface area contributed by atoms with Gasteiger partial charge in [0.2, 0.25) is 11.5 Å². The molecule has 3 heterocycles. The Labute approximate surface area is 234 Å². The first kappa shape index (κ1) is 27.3. The molecule has 2 aromatic heterocycles. The van der Waals surface area contributed by atoms with Crippen LogP contribution in [0.15, 0.2) is 65.6 Å². The van der Waals surface area contributed by atoms with Gasteiger partial charge in [-0.05, 0) is 86.4 Å². The molecule has 2 aromatic carbocycles. The van der Waals surface area contributed by atoms with Crippen LogP contribution in [0.2, 0.25) is 0 Å². The fraction of sp³-hybridized carbons (Fsp3) is 0.333. The van der Waals surface area contributed by atoms with E-state index in [2.05, 4.69) is 47.3 Å². The van der Waals surface area contributed by atoms with Crippen molar-refractivity contribution in [1.82, 2.24) is 20.2 Å². The van der Waals surface area contributed by atoms with E-state index in [0.717, 1.165) is 65.5 Å². The van der Waals surface area contributed by atoms with Crippen LogP contribution in [0.4, 0.5) is 0 Å². The zero-order valence-electron chi connectivity index (χ0n) is 23.4. The molecule has 1 aliphatic heterocycles. The van der Waals surface area contributed by atoms with Crippen LogP contribution < -0.4 is 10.9 Å². The smallest absolute Gasteiger partial charge is 0.269 e. The number of fused-ring (bicyclic) bond motifs is 1. The third kappa shape index (κ3) is 6.30. The van der Waals surface area contributed by atoms with Crippen LogP contribution in [0, 0.1) is 26.7 Å². The van der Waals surface area contributed by atoms with Gasteiger partial charge < -0.3 is 15.2 Å². The first-order valence-corrected chi connectivity index (χ1v) is 14.0. The van der Waals surface area contributed by atoms with E-state index in [0.29, 0.717) is 24.6 Å². The maximum Gasteiger partial charge on any atom is 0.269 e. The molecule has 1 fully saturated rings. The molecule has 0 spiro atoms. The molecule has 7 heteroatoms. The van der Waals surface area contributed by atoms with Crippen molar-refractivity contribution in [1.29, 1.82) is 0 Å². The number of aromatic amines is 1. The Balaban J connectivity index is 1.07. The number of nitrogens with zero attached hydrogens (tertiary/aromatic N) is 2. The monoisotopic (exact) mass is 536 g/mol. The minimum atomic E-state index is -0.158. The number of H-pyrrole nitrogens is 1. The molecular formula is C33H36N4O3. The third-order valence-corrected chi connectivity index (χ3v) is 7.96. The highest BCUT2D eigenvalue weighted by Gasteiger charge is 2.23. The summed E-state index contributed by atoms with van der Waals surface area (Å²) in [4.78, 5) is 46.5. The Kier molecular flexibility index (Phi) is 8.10. The fourth-order valence-corrected chi connectivity index (χ4v) is 5.64. The lowest BCUT2D eigenvalue weighted by molar-refractivity contribution is -0.131. The Morgan fingerprint density at radius 1 is 0.975 bits per heavy atom. The number of amides is 2. The molecule has 7 nitrogen and oxygen atoms in total. The summed E-state index contributed by atoms with van der Waals surface area (Å²) >= 11 is 0. The first-order chi connectivity index (χ1) is 19.3. The number of piperidine rings is 1. The van der Waals surface area contributed by atoms with Gasteiger partial charge in [-0.2, -0.15) is 0 Å². The summed E-state index contributed by atoms with van der Waals surface area (Å²) in [6.45, 7) is 8.13. The second-order valence-electron chi connectivity index (χ2n) is 11.0. The number of nitrogens with one attached hydrogen (secondary N) is 2. The highest BCUT2D eigenvalue weighted by molar-refractivity contribution is 5.92. The highest BCUT2D eigenvalue weighted by Crippen LogP contribution is 2.24. The molecule has 0 bridgehead atoms. The van der Waals surface area contributed by atoms with Gasteiger partial charge in [0.1, 0.15) is 5.69 Å². The van der Waals surface area contributed by atoms with Gasteiger partial charge >= 0.3 is 0 Å². The van der Waals surface area contributed by atoms with Gasteiger partial charge in [0.25, 0.3) is 5.91 Å². The SMILES string of the molecule is Cc1ccc(-c2ccc(C(=O)NCCC3CCN(C(=O)Cc4ccc5[nH]c(=O)cc(C)c5c4)CC3)nc2)c(C)c1. The molecular weight excluding hydrogens is 500 g/mol. The van der Waals surface area contributed by atoms with Crippen molar-refractivity contribution < 1.29 is 9.59 Å². The van der Waals surface area contributed by atoms with Crippen molar-refractivity contribution in [2.45, 2.75) is 46.5 Å². The van der Waals surface area contributed by atoms with Crippen LogP contribution in [0.1, 0.15) is 52.0 Å². The van der Waals surface area contributed by atoms with E-state index in [1.165, 1.54) is 11.1 Å². The second kappa shape index (κ2) is 11.9. The van der Waals surface area contributed by atoms with Gasteiger partial charge in [-0.25, -0.2) is 0 Å². The average molecular weight is 537 g/mol. The maximum atomic E-state index is 13.0. The third-order valence-electron chi connectivity index (χ3n) is 7.96. The summed E-state index contributed by atoms with van der Waals surface area (Å²) < 4.78 is 0. The van der Waals surface area contributed by atoms with E-state index < -0.39 is 0 Å². The predicted molar refractivity (Wildman–Crippen MR) is 158 cm³/mol. The molecule has 0 aliphatic carbocycles. The van der Waals surface area contributed by atoms with E-state index in [1.54, 1.807) is 18.3 Å².